The topological polar surface area (TPSA) is 56.2 Å². The van der Waals surface area contributed by atoms with E-state index in [2.05, 4.69) is 10.1 Å². The van der Waals surface area contributed by atoms with Gasteiger partial charge in [0.2, 0.25) is 0 Å². The van der Waals surface area contributed by atoms with Crippen LogP contribution in [0.1, 0.15) is 30.8 Å². The summed E-state index contributed by atoms with van der Waals surface area (Å²) in [6.45, 7) is 2.70. The fourth-order valence-electron chi connectivity index (χ4n) is 2.38. The molecular weight excluding hydrogens is 200 g/mol. The molecule has 1 aliphatic rings. The standard InChI is InChI=1S/C12H16N4/c1-9-4-2-5-10-14-11(15-16(9)10)12(8-13)6-3-7-12/h2,4-5H,3,6-8,13H2,1H3. The van der Waals surface area contributed by atoms with E-state index in [1.807, 2.05) is 29.6 Å². The van der Waals surface area contributed by atoms with E-state index in [9.17, 15) is 0 Å². The Labute approximate surface area is 94.5 Å². The third kappa shape index (κ3) is 1.19. The summed E-state index contributed by atoms with van der Waals surface area (Å²) >= 11 is 0. The van der Waals surface area contributed by atoms with Crippen molar-refractivity contribution in [3.05, 3.63) is 29.7 Å². The van der Waals surface area contributed by atoms with Gasteiger partial charge in [-0.3, -0.25) is 0 Å². The first-order valence-electron chi connectivity index (χ1n) is 5.78. The molecule has 2 heterocycles. The minimum absolute atomic E-state index is 0.0540. The summed E-state index contributed by atoms with van der Waals surface area (Å²) in [6, 6.07) is 6.05. The minimum Gasteiger partial charge on any atom is -0.329 e. The number of rotatable bonds is 2. The zero-order valence-electron chi connectivity index (χ0n) is 9.48. The van der Waals surface area contributed by atoms with E-state index < -0.39 is 0 Å². The van der Waals surface area contributed by atoms with Crippen molar-refractivity contribution >= 4 is 5.65 Å². The summed E-state index contributed by atoms with van der Waals surface area (Å²) in [4.78, 5) is 4.61. The Morgan fingerprint density at radius 1 is 1.44 bits per heavy atom. The van der Waals surface area contributed by atoms with E-state index in [4.69, 9.17) is 5.73 Å². The number of nitrogens with zero attached hydrogens (tertiary/aromatic N) is 3. The lowest BCUT2D eigenvalue weighted by molar-refractivity contribution is 0.238. The van der Waals surface area contributed by atoms with Crippen molar-refractivity contribution < 1.29 is 0 Å². The molecule has 4 nitrogen and oxygen atoms in total. The van der Waals surface area contributed by atoms with Crippen LogP contribution in [0.2, 0.25) is 0 Å². The minimum atomic E-state index is 0.0540. The van der Waals surface area contributed by atoms with Crippen LogP contribution in [0.3, 0.4) is 0 Å². The quantitative estimate of drug-likeness (QED) is 0.826. The number of aromatic nitrogens is 3. The van der Waals surface area contributed by atoms with Gasteiger partial charge in [-0.15, -0.1) is 0 Å². The van der Waals surface area contributed by atoms with Gasteiger partial charge in [-0.2, -0.15) is 5.10 Å². The Balaban J connectivity index is 2.15. The van der Waals surface area contributed by atoms with Crippen LogP contribution in [0, 0.1) is 6.92 Å². The summed E-state index contributed by atoms with van der Waals surface area (Å²) in [6.07, 6.45) is 3.49. The summed E-state index contributed by atoms with van der Waals surface area (Å²) in [5, 5.41) is 4.60. The van der Waals surface area contributed by atoms with Crippen LogP contribution < -0.4 is 5.73 Å². The molecule has 0 atom stereocenters. The van der Waals surface area contributed by atoms with E-state index in [0.29, 0.717) is 6.54 Å². The number of nitrogens with two attached hydrogens (primary N) is 1. The van der Waals surface area contributed by atoms with Crippen molar-refractivity contribution in [2.24, 2.45) is 5.73 Å². The molecule has 16 heavy (non-hydrogen) atoms. The molecule has 1 saturated carbocycles. The molecule has 2 aromatic heterocycles. The molecule has 2 aromatic rings. The second-order valence-electron chi connectivity index (χ2n) is 4.71. The van der Waals surface area contributed by atoms with Crippen LogP contribution in [0.5, 0.6) is 0 Å². The first-order valence-corrected chi connectivity index (χ1v) is 5.78. The molecule has 2 N–H and O–H groups in total. The van der Waals surface area contributed by atoms with E-state index in [1.165, 1.54) is 6.42 Å². The fraction of sp³-hybridized carbons (Fsp3) is 0.500. The summed E-state index contributed by atoms with van der Waals surface area (Å²) < 4.78 is 1.91. The number of fused-ring (bicyclic) bond motifs is 1. The molecule has 1 aliphatic carbocycles. The van der Waals surface area contributed by atoms with Gasteiger partial charge in [0, 0.05) is 17.7 Å². The number of aryl methyl sites for hydroxylation is 1. The molecule has 1 fully saturated rings. The van der Waals surface area contributed by atoms with Gasteiger partial charge in [0.05, 0.1) is 0 Å². The van der Waals surface area contributed by atoms with Gasteiger partial charge >= 0.3 is 0 Å². The lowest BCUT2D eigenvalue weighted by Crippen LogP contribution is -2.42. The van der Waals surface area contributed by atoms with Crippen LogP contribution in [0.25, 0.3) is 5.65 Å². The molecule has 0 unspecified atom stereocenters. The SMILES string of the molecule is Cc1cccc2nc(C3(CN)CCC3)nn12. The second kappa shape index (κ2) is 3.28. The molecule has 0 bridgehead atoms. The lowest BCUT2D eigenvalue weighted by Gasteiger charge is -2.38. The number of hydrogen-bond acceptors (Lipinski definition) is 3. The average molecular weight is 216 g/mol. The van der Waals surface area contributed by atoms with Crippen LogP contribution >= 0.6 is 0 Å². The zero-order valence-corrected chi connectivity index (χ0v) is 9.48. The van der Waals surface area contributed by atoms with Crippen LogP contribution in [-0.2, 0) is 5.41 Å². The van der Waals surface area contributed by atoms with Crippen molar-refractivity contribution in [2.75, 3.05) is 6.54 Å². The van der Waals surface area contributed by atoms with Crippen molar-refractivity contribution in [2.45, 2.75) is 31.6 Å². The highest BCUT2D eigenvalue weighted by Gasteiger charge is 2.41. The molecule has 0 amide bonds. The lowest BCUT2D eigenvalue weighted by atomic mass is 9.68. The molecule has 0 aliphatic heterocycles. The number of pyridine rings is 1. The van der Waals surface area contributed by atoms with Gasteiger partial charge in [0.15, 0.2) is 11.5 Å². The van der Waals surface area contributed by atoms with Crippen LogP contribution in [0.15, 0.2) is 18.2 Å². The Morgan fingerprint density at radius 3 is 2.81 bits per heavy atom. The summed E-state index contributed by atoms with van der Waals surface area (Å²) in [7, 11) is 0. The first-order chi connectivity index (χ1) is 7.75. The largest absolute Gasteiger partial charge is 0.329 e. The van der Waals surface area contributed by atoms with Gasteiger partial charge in [0.1, 0.15) is 0 Å². The van der Waals surface area contributed by atoms with Gasteiger partial charge in [-0.1, -0.05) is 12.5 Å². The second-order valence-corrected chi connectivity index (χ2v) is 4.71. The van der Waals surface area contributed by atoms with Crippen LogP contribution in [0.4, 0.5) is 0 Å². The molecule has 0 spiro atoms. The van der Waals surface area contributed by atoms with Crippen LogP contribution in [-0.4, -0.2) is 21.1 Å². The highest BCUT2D eigenvalue weighted by atomic mass is 15.3. The third-order valence-corrected chi connectivity index (χ3v) is 3.72. The Hall–Kier alpha value is -1.42. The molecule has 4 heteroatoms. The fourth-order valence-corrected chi connectivity index (χ4v) is 2.38. The molecule has 0 saturated heterocycles. The monoisotopic (exact) mass is 216 g/mol. The molecule has 84 valence electrons. The van der Waals surface area contributed by atoms with Gasteiger partial charge < -0.3 is 5.73 Å². The Morgan fingerprint density at radius 2 is 2.25 bits per heavy atom. The highest BCUT2D eigenvalue weighted by Crippen LogP contribution is 2.41. The van der Waals surface area contributed by atoms with E-state index in [0.717, 1.165) is 30.0 Å². The molecule has 3 rings (SSSR count). The van der Waals surface area contributed by atoms with Crippen molar-refractivity contribution in [1.82, 2.24) is 14.6 Å². The van der Waals surface area contributed by atoms with Crippen molar-refractivity contribution in [1.29, 1.82) is 0 Å². The molecule has 0 aromatic carbocycles. The predicted octanol–water partition coefficient (Wildman–Crippen LogP) is 1.42. The van der Waals surface area contributed by atoms with E-state index in [-0.39, 0.29) is 5.41 Å². The number of hydrogen-bond donors (Lipinski definition) is 1. The maximum atomic E-state index is 5.87. The molecule has 0 radical (unpaired) electrons. The average Bonchev–Trinajstić information content (AvgIpc) is 2.62. The third-order valence-electron chi connectivity index (χ3n) is 3.72. The van der Waals surface area contributed by atoms with Gasteiger partial charge in [0.25, 0.3) is 0 Å². The van der Waals surface area contributed by atoms with E-state index in [1.54, 1.807) is 0 Å². The smallest absolute Gasteiger partial charge is 0.159 e. The summed E-state index contributed by atoms with van der Waals surface area (Å²) in [5.74, 6) is 0.926. The van der Waals surface area contributed by atoms with Crippen molar-refractivity contribution in [3.63, 3.8) is 0 Å². The molecular formula is C12H16N4. The maximum absolute atomic E-state index is 5.87. The summed E-state index contributed by atoms with van der Waals surface area (Å²) in [5.41, 5.74) is 7.96. The maximum Gasteiger partial charge on any atom is 0.159 e. The van der Waals surface area contributed by atoms with Crippen molar-refractivity contribution in [3.8, 4) is 0 Å². The van der Waals surface area contributed by atoms with Gasteiger partial charge in [-0.25, -0.2) is 9.50 Å². The predicted molar refractivity (Wildman–Crippen MR) is 62.3 cm³/mol. The zero-order chi connectivity index (χ0) is 11.2. The van der Waals surface area contributed by atoms with E-state index >= 15 is 0 Å². The highest BCUT2D eigenvalue weighted by molar-refractivity contribution is 5.40. The Kier molecular flexibility index (Phi) is 2.01. The normalized spacial score (nSPS) is 18.6. The van der Waals surface area contributed by atoms with Gasteiger partial charge in [-0.05, 0) is 31.9 Å². The Bertz CT molecular complexity index is 519. The first kappa shape index (κ1) is 9.78.